The fourth-order valence-electron chi connectivity index (χ4n) is 1.92. The summed E-state index contributed by atoms with van der Waals surface area (Å²) in [5.74, 6) is 0.278. The van der Waals surface area contributed by atoms with Crippen LogP contribution in [-0.2, 0) is 0 Å². The highest BCUT2D eigenvalue weighted by molar-refractivity contribution is 9.10. The first-order valence-electron chi connectivity index (χ1n) is 6.44. The van der Waals surface area contributed by atoms with Crippen molar-refractivity contribution in [1.82, 2.24) is 0 Å². The minimum atomic E-state index is 0.278. The van der Waals surface area contributed by atoms with Gasteiger partial charge >= 0.3 is 0 Å². The number of hydrogen-bond acceptors (Lipinski definition) is 1. The summed E-state index contributed by atoms with van der Waals surface area (Å²) in [6.07, 6.45) is 6.66. The second-order valence-corrected chi connectivity index (χ2v) is 5.46. The summed E-state index contributed by atoms with van der Waals surface area (Å²) in [7, 11) is 0. The van der Waals surface area contributed by atoms with Crippen molar-refractivity contribution in [2.24, 2.45) is 0 Å². The van der Waals surface area contributed by atoms with E-state index in [1.165, 1.54) is 25.7 Å². The fourth-order valence-corrected chi connectivity index (χ4v) is 2.28. The number of rotatable bonds is 7. The van der Waals surface area contributed by atoms with Crippen molar-refractivity contribution < 1.29 is 4.79 Å². The molecule has 1 rings (SSSR count). The summed E-state index contributed by atoms with van der Waals surface area (Å²) in [5, 5.41) is 0. The topological polar surface area (TPSA) is 17.1 Å². The Bertz CT molecular complexity index is 371. The highest BCUT2D eigenvalue weighted by Gasteiger charge is 2.08. The van der Waals surface area contributed by atoms with Crippen molar-refractivity contribution in [2.75, 3.05) is 0 Å². The highest BCUT2D eigenvalue weighted by atomic mass is 79.9. The number of halogens is 1. The maximum atomic E-state index is 12.0. The average molecular weight is 297 g/mol. The van der Waals surface area contributed by atoms with Gasteiger partial charge in [-0.25, -0.2) is 0 Å². The van der Waals surface area contributed by atoms with Crippen LogP contribution in [0, 0.1) is 6.92 Å². The van der Waals surface area contributed by atoms with Crippen molar-refractivity contribution in [3.05, 3.63) is 33.8 Å². The minimum Gasteiger partial charge on any atom is -0.294 e. The standard InChI is InChI=1S/C15H21BrO/c1-3-4-5-6-7-8-15(17)14-11-13(16)10-9-12(14)2/h9-11H,3-8H2,1-2H3. The molecule has 0 aliphatic carbocycles. The molecule has 0 unspecified atom stereocenters. The highest BCUT2D eigenvalue weighted by Crippen LogP contribution is 2.18. The maximum Gasteiger partial charge on any atom is 0.163 e. The molecule has 1 nitrogen and oxygen atoms in total. The van der Waals surface area contributed by atoms with Gasteiger partial charge in [-0.05, 0) is 31.0 Å². The molecule has 0 heterocycles. The number of benzene rings is 1. The predicted molar refractivity (Wildman–Crippen MR) is 76.6 cm³/mol. The summed E-state index contributed by atoms with van der Waals surface area (Å²) < 4.78 is 0.984. The van der Waals surface area contributed by atoms with Gasteiger partial charge in [-0.1, -0.05) is 54.6 Å². The van der Waals surface area contributed by atoms with E-state index in [1.807, 2.05) is 25.1 Å². The van der Waals surface area contributed by atoms with Crippen molar-refractivity contribution in [2.45, 2.75) is 52.4 Å². The fraction of sp³-hybridized carbons (Fsp3) is 0.533. The SMILES string of the molecule is CCCCCCCC(=O)c1cc(Br)ccc1C. The van der Waals surface area contributed by atoms with Crippen molar-refractivity contribution in [3.63, 3.8) is 0 Å². The lowest BCUT2D eigenvalue weighted by molar-refractivity contribution is 0.0978. The first-order chi connectivity index (χ1) is 8.15. The van der Waals surface area contributed by atoms with Crippen LogP contribution in [0.4, 0.5) is 0 Å². The monoisotopic (exact) mass is 296 g/mol. The first-order valence-corrected chi connectivity index (χ1v) is 7.23. The van der Waals surface area contributed by atoms with Crippen LogP contribution in [0.3, 0.4) is 0 Å². The van der Waals surface area contributed by atoms with Gasteiger partial charge in [-0.3, -0.25) is 4.79 Å². The third kappa shape index (κ3) is 5.03. The van der Waals surface area contributed by atoms with E-state index in [-0.39, 0.29) is 5.78 Å². The van der Waals surface area contributed by atoms with E-state index in [0.717, 1.165) is 22.0 Å². The number of Topliss-reactive ketones (excluding diaryl/α,β-unsaturated/α-hetero) is 1. The lowest BCUT2D eigenvalue weighted by Gasteiger charge is -2.05. The maximum absolute atomic E-state index is 12.0. The second kappa shape index (κ2) is 7.65. The van der Waals surface area contributed by atoms with Gasteiger partial charge in [0.1, 0.15) is 0 Å². The van der Waals surface area contributed by atoms with E-state index in [1.54, 1.807) is 0 Å². The molecule has 0 aliphatic heterocycles. The summed E-state index contributed by atoms with van der Waals surface area (Å²) in [6.45, 7) is 4.20. The van der Waals surface area contributed by atoms with Crippen molar-refractivity contribution in [1.29, 1.82) is 0 Å². The quantitative estimate of drug-likeness (QED) is 0.493. The zero-order chi connectivity index (χ0) is 12.7. The molecule has 0 spiro atoms. The molecule has 0 N–H and O–H groups in total. The lowest BCUT2D eigenvalue weighted by Crippen LogP contribution is -2.01. The largest absolute Gasteiger partial charge is 0.294 e. The number of unbranched alkanes of at least 4 members (excludes halogenated alkanes) is 4. The van der Waals surface area contributed by atoms with Crippen molar-refractivity contribution in [3.8, 4) is 0 Å². The molecule has 0 aliphatic rings. The number of carbonyl (C=O) groups is 1. The van der Waals surface area contributed by atoms with E-state index in [4.69, 9.17) is 0 Å². The summed E-state index contributed by atoms with van der Waals surface area (Å²) in [6, 6.07) is 5.91. The number of hydrogen-bond donors (Lipinski definition) is 0. The molecular weight excluding hydrogens is 276 g/mol. The number of carbonyl (C=O) groups excluding carboxylic acids is 1. The van der Waals surface area contributed by atoms with E-state index < -0.39 is 0 Å². The third-order valence-corrected chi connectivity index (χ3v) is 3.50. The molecule has 1 aromatic rings. The molecule has 2 heteroatoms. The van der Waals surface area contributed by atoms with Crippen LogP contribution in [0.25, 0.3) is 0 Å². The summed E-state index contributed by atoms with van der Waals surface area (Å²) in [5.41, 5.74) is 1.95. The van der Waals surface area contributed by atoms with Gasteiger partial charge in [0.15, 0.2) is 5.78 Å². The van der Waals surface area contributed by atoms with Crippen LogP contribution in [0.2, 0.25) is 0 Å². The smallest absolute Gasteiger partial charge is 0.163 e. The van der Waals surface area contributed by atoms with Gasteiger partial charge < -0.3 is 0 Å². The van der Waals surface area contributed by atoms with E-state index >= 15 is 0 Å². The molecule has 0 saturated heterocycles. The average Bonchev–Trinajstić information content (AvgIpc) is 2.32. The Balaban J connectivity index is 2.44. The van der Waals surface area contributed by atoms with Gasteiger partial charge in [0.05, 0.1) is 0 Å². The Hall–Kier alpha value is -0.630. The van der Waals surface area contributed by atoms with E-state index in [2.05, 4.69) is 22.9 Å². The van der Waals surface area contributed by atoms with Crippen LogP contribution in [0.1, 0.15) is 61.4 Å². The molecule has 1 aromatic carbocycles. The second-order valence-electron chi connectivity index (χ2n) is 4.55. The van der Waals surface area contributed by atoms with Gasteiger partial charge in [0, 0.05) is 16.5 Å². The Morgan fingerprint density at radius 1 is 1.18 bits per heavy atom. The first kappa shape index (κ1) is 14.4. The van der Waals surface area contributed by atoms with Crippen molar-refractivity contribution >= 4 is 21.7 Å². The molecule has 17 heavy (non-hydrogen) atoms. The van der Waals surface area contributed by atoms with Gasteiger partial charge in [0.25, 0.3) is 0 Å². The lowest BCUT2D eigenvalue weighted by atomic mass is 10.00. The Kier molecular flexibility index (Phi) is 6.49. The zero-order valence-electron chi connectivity index (χ0n) is 10.8. The zero-order valence-corrected chi connectivity index (χ0v) is 12.3. The molecule has 0 aromatic heterocycles. The number of aryl methyl sites for hydroxylation is 1. The molecule has 94 valence electrons. The van der Waals surface area contributed by atoms with Crippen LogP contribution in [0.15, 0.2) is 22.7 Å². The molecular formula is C15H21BrO. The molecule has 0 bridgehead atoms. The Morgan fingerprint density at radius 3 is 2.59 bits per heavy atom. The van der Waals surface area contributed by atoms with Crippen LogP contribution in [0.5, 0.6) is 0 Å². The van der Waals surface area contributed by atoms with Crippen LogP contribution < -0.4 is 0 Å². The van der Waals surface area contributed by atoms with Crippen LogP contribution >= 0.6 is 15.9 Å². The molecule has 0 amide bonds. The van der Waals surface area contributed by atoms with Crippen LogP contribution in [-0.4, -0.2) is 5.78 Å². The minimum absolute atomic E-state index is 0.278. The normalized spacial score (nSPS) is 10.5. The summed E-state index contributed by atoms with van der Waals surface area (Å²) in [4.78, 5) is 12.0. The Labute approximate surface area is 113 Å². The predicted octanol–water partition coefficient (Wildman–Crippen LogP) is 5.30. The third-order valence-electron chi connectivity index (χ3n) is 3.01. The number of ketones is 1. The van der Waals surface area contributed by atoms with E-state index in [0.29, 0.717) is 6.42 Å². The molecule has 0 radical (unpaired) electrons. The van der Waals surface area contributed by atoms with Gasteiger partial charge in [-0.15, -0.1) is 0 Å². The van der Waals surface area contributed by atoms with Gasteiger partial charge in [0.2, 0.25) is 0 Å². The van der Waals surface area contributed by atoms with Gasteiger partial charge in [-0.2, -0.15) is 0 Å². The molecule has 0 atom stereocenters. The summed E-state index contributed by atoms with van der Waals surface area (Å²) >= 11 is 3.41. The van der Waals surface area contributed by atoms with E-state index in [9.17, 15) is 4.79 Å². The Morgan fingerprint density at radius 2 is 1.88 bits per heavy atom. The molecule has 0 saturated carbocycles. The molecule has 0 fully saturated rings.